The molecule has 0 aromatic heterocycles. The molecule has 6 nitrogen and oxygen atoms in total. The minimum absolute atomic E-state index is 0.0419. The number of aliphatic hydroxyl groups is 2. The van der Waals surface area contributed by atoms with E-state index in [2.05, 4.69) is 5.32 Å². The highest BCUT2D eigenvalue weighted by Gasteiger charge is 2.40. The molecule has 7 heteroatoms. The number of likely N-dealkylation sites (N-methyl/N-ethyl adjacent to an activating group) is 1. The zero-order valence-corrected chi connectivity index (χ0v) is 20.5. The number of halogens is 1. The maximum absolute atomic E-state index is 13.2. The van der Waals surface area contributed by atoms with E-state index < -0.39 is 11.6 Å². The van der Waals surface area contributed by atoms with Crippen LogP contribution < -0.4 is 15.0 Å². The van der Waals surface area contributed by atoms with Gasteiger partial charge in [-0.25, -0.2) is 0 Å². The fourth-order valence-electron chi connectivity index (χ4n) is 4.69. The summed E-state index contributed by atoms with van der Waals surface area (Å²) >= 11 is 6.35. The standard InChI is InChI=1S/C27H29ClN2O4/c1-27(2)26(33)30(3)24-21(29-27)11-10-19(20-15-17(28)9-12-22(20)34-4)23(24)25(32)18-8-6-5-7-16(18)13-14-31/h5-12,15,25,29,31-32H,13-14H2,1-4H3. The third kappa shape index (κ3) is 4.13. The van der Waals surface area contributed by atoms with Crippen LogP contribution in [0.3, 0.4) is 0 Å². The fraction of sp³-hybridized carbons (Fsp3) is 0.296. The van der Waals surface area contributed by atoms with E-state index in [1.807, 2.05) is 50.2 Å². The van der Waals surface area contributed by atoms with E-state index in [-0.39, 0.29) is 12.5 Å². The lowest BCUT2D eigenvalue weighted by atomic mass is 9.86. The number of hydrogen-bond donors (Lipinski definition) is 3. The van der Waals surface area contributed by atoms with Gasteiger partial charge in [0, 0.05) is 29.8 Å². The van der Waals surface area contributed by atoms with Gasteiger partial charge in [0.25, 0.3) is 5.91 Å². The Morgan fingerprint density at radius 2 is 1.85 bits per heavy atom. The average molecular weight is 481 g/mol. The van der Waals surface area contributed by atoms with Crippen molar-refractivity contribution in [2.75, 3.05) is 31.0 Å². The smallest absolute Gasteiger partial charge is 0.251 e. The summed E-state index contributed by atoms with van der Waals surface area (Å²) in [5.74, 6) is 0.479. The number of benzene rings is 3. The molecule has 1 unspecified atom stereocenters. The predicted octanol–water partition coefficient (Wildman–Crippen LogP) is 4.80. The number of nitrogens with zero attached hydrogens (tertiary/aromatic N) is 1. The number of aliphatic hydroxyl groups excluding tert-OH is 2. The van der Waals surface area contributed by atoms with Crippen LogP contribution in [0.25, 0.3) is 11.1 Å². The maximum atomic E-state index is 13.2. The van der Waals surface area contributed by atoms with Crippen LogP contribution in [0.4, 0.5) is 11.4 Å². The highest BCUT2D eigenvalue weighted by atomic mass is 35.5. The maximum Gasteiger partial charge on any atom is 0.251 e. The molecule has 3 aromatic rings. The lowest BCUT2D eigenvalue weighted by Gasteiger charge is -2.40. The molecule has 0 saturated carbocycles. The topological polar surface area (TPSA) is 82.0 Å². The Morgan fingerprint density at radius 1 is 1.12 bits per heavy atom. The highest BCUT2D eigenvalue weighted by molar-refractivity contribution is 6.31. The number of hydrogen-bond acceptors (Lipinski definition) is 5. The van der Waals surface area contributed by atoms with Gasteiger partial charge in [-0.1, -0.05) is 41.9 Å². The normalized spacial score (nSPS) is 15.5. The molecule has 1 aliphatic heterocycles. The van der Waals surface area contributed by atoms with E-state index in [0.29, 0.717) is 45.1 Å². The molecule has 178 valence electrons. The number of nitrogens with one attached hydrogen (secondary N) is 1. The number of carbonyl (C=O) groups is 1. The molecular formula is C27H29ClN2O4. The Morgan fingerprint density at radius 3 is 2.56 bits per heavy atom. The van der Waals surface area contributed by atoms with Gasteiger partial charge in [0.1, 0.15) is 17.4 Å². The van der Waals surface area contributed by atoms with Gasteiger partial charge < -0.3 is 25.2 Å². The molecule has 1 heterocycles. The summed E-state index contributed by atoms with van der Waals surface area (Å²) in [5.41, 5.74) is 3.99. The summed E-state index contributed by atoms with van der Waals surface area (Å²) in [5, 5.41) is 25.3. The van der Waals surface area contributed by atoms with Crippen LogP contribution in [0.2, 0.25) is 5.02 Å². The molecule has 1 aliphatic rings. The molecule has 4 rings (SSSR count). The minimum atomic E-state index is -1.07. The van der Waals surface area contributed by atoms with E-state index in [1.54, 1.807) is 37.3 Å². The summed E-state index contributed by atoms with van der Waals surface area (Å²) in [6, 6.07) is 16.6. The molecule has 34 heavy (non-hydrogen) atoms. The Bertz CT molecular complexity index is 1240. The molecule has 0 spiro atoms. The summed E-state index contributed by atoms with van der Waals surface area (Å²) in [7, 11) is 3.30. The fourth-order valence-corrected chi connectivity index (χ4v) is 4.86. The van der Waals surface area contributed by atoms with E-state index >= 15 is 0 Å². The Balaban J connectivity index is 2.04. The number of fused-ring (bicyclic) bond motifs is 1. The summed E-state index contributed by atoms with van der Waals surface area (Å²) < 4.78 is 5.61. The van der Waals surface area contributed by atoms with Crippen LogP contribution in [0.5, 0.6) is 5.75 Å². The van der Waals surface area contributed by atoms with Crippen molar-refractivity contribution in [3.05, 3.63) is 76.3 Å². The first-order valence-electron chi connectivity index (χ1n) is 11.1. The number of amides is 1. The first-order chi connectivity index (χ1) is 16.2. The van der Waals surface area contributed by atoms with Gasteiger partial charge in [-0.2, -0.15) is 0 Å². The molecule has 0 fully saturated rings. The van der Waals surface area contributed by atoms with Crippen molar-refractivity contribution in [1.82, 2.24) is 0 Å². The molecule has 1 amide bonds. The minimum Gasteiger partial charge on any atom is -0.496 e. The lowest BCUT2D eigenvalue weighted by molar-refractivity contribution is -0.121. The lowest BCUT2D eigenvalue weighted by Crippen LogP contribution is -2.52. The third-order valence-electron chi connectivity index (χ3n) is 6.29. The van der Waals surface area contributed by atoms with Crippen LogP contribution >= 0.6 is 11.6 Å². The Hall–Kier alpha value is -3.06. The highest BCUT2D eigenvalue weighted by Crippen LogP contribution is 2.48. The van der Waals surface area contributed by atoms with Gasteiger partial charge in [-0.15, -0.1) is 0 Å². The molecule has 3 N–H and O–H groups in total. The number of ether oxygens (including phenoxy) is 1. The van der Waals surface area contributed by atoms with Crippen LogP contribution in [0, 0.1) is 0 Å². The summed E-state index contributed by atoms with van der Waals surface area (Å²) in [4.78, 5) is 14.8. The van der Waals surface area contributed by atoms with Crippen molar-refractivity contribution in [2.45, 2.75) is 31.9 Å². The van der Waals surface area contributed by atoms with Gasteiger partial charge in [-0.3, -0.25) is 4.79 Å². The van der Waals surface area contributed by atoms with Crippen LogP contribution in [-0.4, -0.2) is 42.4 Å². The van der Waals surface area contributed by atoms with Gasteiger partial charge in [0.15, 0.2) is 0 Å². The van der Waals surface area contributed by atoms with Crippen molar-refractivity contribution in [1.29, 1.82) is 0 Å². The van der Waals surface area contributed by atoms with Crippen LogP contribution in [-0.2, 0) is 11.2 Å². The summed E-state index contributed by atoms with van der Waals surface area (Å²) in [6.07, 6.45) is -0.673. The largest absolute Gasteiger partial charge is 0.496 e. The third-order valence-corrected chi connectivity index (χ3v) is 6.53. The molecule has 3 aromatic carbocycles. The molecule has 1 atom stereocenters. The molecule has 0 saturated heterocycles. The number of methoxy groups -OCH3 is 1. The van der Waals surface area contributed by atoms with Gasteiger partial charge in [0.05, 0.1) is 18.5 Å². The van der Waals surface area contributed by atoms with E-state index in [9.17, 15) is 15.0 Å². The second kappa shape index (κ2) is 9.29. The van der Waals surface area contributed by atoms with E-state index in [1.165, 1.54) is 0 Å². The second-order valence-corrected chi connectivity index (χ2v) is 9.39. The zero-order chi connectivity index (χ0) is 24.6. The zero-order valence-electron chi connectivity index (χ0n) is 19.7. The predicted molar refractivity (Wildman–Crippen MR) is 136 cm³/mol. The van der Waals surface area contributed by atoms with Crippen LogP contribution in [0.15, 0.2) is 54.6 Å². The van der Waals surface area contributed by atoms with Crippen molar-refractivity contribution in [2.24, 2.45) is 0 Å². The van der Waals surface area contributed by atoms with Gasteiger partial charge in [-0.05, 0) is 61.2 Å². The number of anilines is 2. The number of rotatable bonds is 6. The van der Waals surface area contributed by atoms with Gasteiger partial charge in [0.2, 0.25) is 0 Å². The second-order valence-electron chi connectivity index (χ2n) is 8.96. The van der Waals surface area contributed by atoms with Crippen molar-refractivity contribution in [3.8, 4) is 16.9 Å². The van der Waals surface area contributed by atoms with Crippen molar-refractivity contribution in [3.63, 3.8) is 0 Å². The quantitative estimate of drug-likeness (QED) is 0.472. The first kappa shape index (κ1) is 24.1. The van der Waals surface area contributed by atoms with Crippen molar-refractivity contribution < 1.29 is 19.7 Å². The first-order valence-corrected chi connectivity index (χ1v) is 11.5. The Kier molecular flexibility index (Phi) is 6.58. The van der Waals surface area contributed by atoms with Gasteiger partial charge >= 0.3 is 0 Å². The van der Waals surface area contributed by atoms with E-state index in [0.717, 1.165) is 11.3 Å². The van der Waals surface area contributed by atoms with Crippen molar-refractivity contribution >= 4 is 28.9 Å². The molecule has 0 bridgehead atoms. The SMILES string of the molecule is COc1ccc(Cl)cc1-c1ccc2c(c1C(O)c1ccccc1CCO)N(C)C(=O)C(C)(C)N2. The van der Waals surface area contributed by atoms with E-state index in [4.69, 9.17) is 16.3 Å². The molecular weight excluding hydrogens is 452 g/mol. The molecule has 0 aliphatic carbocycles. The summed E-state index contributed by atoms with van der Waals surface area (Å²) in [6.45, 7) is 3.62. The van der Waals surface area contributed by atoms with Crippen LogP contribution in [0.1, 0.15) is 36.6 Å². The Labute approximate surface area is 204 Å². The average Bonchev–Trinajstić information content (AvgIpc) is 2.82. The number of carbonyl (C=O) groups excluding carboxylic acids is 1. The molecule has 0 radical (unpaired) electrons. The monoisotopic (exact) mass is 480 g/mol.